The van der Waals surface area contributed by atoms with Crippen LogP contribution in [0.5, 0.6) is 17.2 Å². The van der Waals surface area contributed by atoms with Crippen LogP contribution in [0.3, 0.4) is 0 Å². The number of fused-ring (bicyclic) bond motifs is 1. The second-order valence-electron chi connectivity index (χ2n) is 7.97. The topological polar surface area (TPSA) is 103 Å². The third-order valence-corrected chi connectivity index (χ3v) is 5.85. The van der Waals surface area contributed by atoms with Crippen molar-refractivity contribution in [3.63, 3.8) is 0 Å². The lowest BCUT2D eigenvalue weighted by Crippen LogP contribution is -2.45. The highest BCUT2D eigenvalue weighted by atomic mass is 16.5. The molecule has 1 saturated heterocycles. The summed E-state index contributed by atoms with van der Waals surface area (Å²) < 4.78 is 23.9. The van der Waals surface area contributed by atoms with E-state index in [-0.39, 0.29) is 0 Å². The van der Waals surface area contributed by atoms with Crippen LogP contribution in [0.25, 0.3) is 16.8 Å². The van der Waals surface area contributed by atoms with E-state index in [0.717, 1.165) is 37.4 Å². The van der Waals surface area contributed by atoms with Gasteiger partial charge in [-0.1, -0.05) is 0 Å². The van der Waals surface area contributed by atoms with Crippen LogP contribution in [0.1, 0.15) is 0 Å². The van der Waals surface area contributed by atoms with E-state index in [2.05, 4.69) is 27.1 Å². The molecule has 1 aliphatic heterocycles. The molecule has 0 radical (unpaired) electrons. The fourth-order valence-electron chi connectivity index (χ4n) is 3.95. The second kappa shape index (κ2) is 9.10. The second-order valence-corrected chi connectivity index (χ2v) is 7.97. The summed E-state index contributed by atoms with van der Waals surface area (Å²) in [6.45, 7) is 3.67. The minimum Gasteiger partial charge on any atom is -0.493 e. The molecule has 0 unspecified atom stereocenters. The van der Waals surface area contributed by atoms with Crippen LogP contribution in [0.2, 0.25) is 0 Å². The Balaban J connectivity index is 1.45. The Morgan fingerprint density at radius 2 is 1.71 bits per heavy atom. The molecule has 0 bridgehead atoms. The number of furan rings is 1. The van der Waals surface area contributed by atoms with E-state index in [9.17, 15) is 0 Å². The summed E-state index contributed by atoms with van der Waals surface area (Å²) in [6, 6.07) is 5.55. The van der Waals surface area contributed by atoms with Crippen LogP contribution in [0.4, 0.5) is 17.6 Å². The number of benzene rings is 1. The van der Waals surface area contributed by atoms with Gasteiger partial charge in [0, 0.05) is 44.4 Å². The van der Waals surface area contributed by atoms with E-state index in [1.54, 1.807) is 33.9 Å². The summed E-state index contributed by atoms with van der Waals surface area (Å²) in [5, 5.41) is 3.29. The molecule has 0 amide bonds. The fourth-order valence-corrected chi connectivity index (χ4v) is 3.95. The summed E-state index contributed by atoms with van der Waals surface area (Å²) in [4.78, 5) is 18.4. The number of piperazine rings is 1. The molecule has 1 aliphatic rings. The highest BCUT2D eigenvalue weighted by Crippen LogP contribution is 2.39. The number of ether oxygens (including phenoxy) is 3. The van der Waals surface area contributed by atoms with Crippen molar-refractivity contribution in [1.29, 1.82) is 0 Å². The predicted molar refractivity (Wildman–Crippen MR) is 128 cm³/mol. The maximum Gasteiger partial charge on any atom is 0.228 e. The lowest BCUT2D eigenvalue weighted by molar-refractivity contribution is 0.311. The Kier molecular flexibility index (Phi) is 5.84. The van der Waals surface area contributed by atoms with E-state index < -0.39 is 0 Å². The molecule has 34 heavy (non-hydrogen) atoms. The van der Waals surface area contributed by atoms with Crippen LogP contribution in [0.15, 0.2) is 41.4 Å². The summed E-state index contributed by atoms with van der Waals surface area (Å²) in [6.07, 6.45) is 5.17. The Morgan fingerprint density at radius 1 is 0.971 bits per heavy atom. The average molecular weight is 466 g/mol. The molecular formula is C23H27N7O4. The van der Waals surface area contributed by atoms with Crippen molar-refractivity contribution in [3.8, 4) is 22.9 Å². The van der Waals surface area contributed by atoms with Gasteiger partial charge in [-0.3, -0.25) is 0 Å². The van der Waals surface area contributed by atoms with Crippen molar-refractivity contribution in [3.05, 3.63) is 37.0 Å². The van der Waals surface area contributed by atoms with Crippen LogP contribution < -0.4 is 24.4 Å². The summed E-state index contributed by atoms with van der Waals surface area (Å²) in [5.41, 5.74) is 2.13. The van der Waals surface area contributed by atoms with Gasteiger partial charge in [0.15, 0.2) is 22.9 Å². The van der Waals surface area contributed by atoms with Crippen molar-refractivity contribution in [2.45, 2.75) is 0 Å². The molecule has 1 fully saturated rings. The van der Waals surface area contributed by atoms with Gasteiger partial charge in [0.2, 0.25) is 11.7 Å². The number of anilines is 3. The Bertz CT molecular complexity index is 1270. The zero-order chi connectivity index (χ0) is 23.7. The molecule has 11 heteroatoms. The number of aromatic nitrogens is 4. The first-order valence-corrected chi connectivity index (χ1v) is 10.9. The van der Waals surface area contributed by atoms with Crippen LogP contribution >= 0.6 is 0 Å². The molecule has 0 atom stereocenters. The first kappa shape index (κ1) is 21.8. The van der Waals surface area contributed by atoms with Crippen molar-refractivity contribution >= 4 is 28.7 Å². The van der Waals surface area contributed by atoms with Crippen molar-refractivity contribution in [2.24, 2.45) is 0 Å². The molecule has 3 aromatic heterocycles. The number of imidazole rings is 1. The quantitative estimate of drug-likeness (QED) is 0.438. The fraction of sp³-hybridized carbons (Fsp3) is 0.348. The van der Waals surface area contributed by atoms with Gasteiger partial charge in [0.1, 0.15) is 17.7 Å². The minimum atomic E-state index is 0.532. The molecule has 5 rings (SSSR count). The number of likely N-dealkylation sites (N-methyl/N-ethyl adjacent to an activating group) is 1. The maximum atomic E-state index is 5.66. The summed E-state index contributed by atoms with van der Waals surface area (Å²) >= 11 is 0. The van der Waals surface area contributed by atoms with Crippen molar-refractivity contribution in [2.75, 3.05) is 64.8 Å². The molecule has 0 saturated carbocycles. The third kappa shape index (κ3) is 4.05. The molecule has 4 aromatic rings. The molecule has 4 heterocycles. The molecular weight excluding hydrogens is 438 g/mol. The molecule has 1 N–H and O–H groups in total. The van der Waals surface area contributed by atoms with Crippen LogP contribution in [-0.2, 0) is 0 Å². The smallest absolute Gasteiger partial charge is 0.228 e. The van der Waals surface area contributed by atoms with Gasteiger partial charge in [0.25, 0.3) is 0 Å². The Hall–Kier alpha value is -3.99. The number of hydrogen-bond donors (Lipinski definition) is 1. The van der Waals surface area contributed by atoms with Crippen molar-refractivity contribution < 1.29 is 18.6 Å². The monoisotopic (exact) mass is 465 g/mol. The number of nitrogens with one attached hydrogen (secondary N) is 1. The normalized spacial score (nSPS) is 14.4. The Morgan fingerprint density at radius 3 is 2.38 bits per heavy atom. The van der Waals surface area contributed by atoms with Gasteiger partial charge in [-0.2, -0.15) is 4.98 Å². The maximum absolute atomic E-state index is 5.66. The lowest BCUT2D eigenvalue weighted by Gasteiger charge is -2.32. The molecule has 11 nitrogen and oxygen atoms in total. The van der Waals surface area contributed by atoms with E-state index in [1.807, 2.05) is 29.0 Å². The van der Waals surface area contributed by atoms with Gasteiger partial charge < -0.3 is 38.3 Å². The largest absolute Gasteiger partial charge is 0.493 e. The number of methoxy groups -OCH3 is 3. The van der Waals surface area contributed by atoms with Crippen molar-refractivity contribution in [1.82, 2.24) is 24.4 Å². The predicted octanol–water partition coefficient (Wildman–Crippen LogP) is 2.93. The van der Waals surface area contributed by atoms with Gasteiger partial charge in [-0.25, -0.2) is 9.97 Å². The lowest BCUT2D eigenvalue weighted by atomic mass is 10.2. The molecule has 178 valence electrons. The third-order valence-electron chi connectivity index (χ3n) is 5.85. The molecule has 0 aliphatic carbocycles. The Labute approximate surface area is 196 Å². The first-order valence-electron chi connectivity index (χ1n) is 10.9. The van der Waals surface area contributed by atoms with Crippen LogP contribution in [-0.4, -0.2) is 79.0 Å². The van der Waals surface area contributed by atoms with E-state index in [0.29, 0.717) is 40.4 Å². The van der Waals surface area contributed by atoms with E-state index in [1.165, 1.54) is 0 Å². The summed E-state index contributed by atoms with van der Waals surface area (Å²) in [7, 11) is 6.87. The van der Waals surface area contributed by atoms with Gasteiger partial charge >= 0.3 is 0 Å². The highest BCUT2D eigenvalue weighted by Gasteiger charge is 2.20. The van der Waals surface area contributed by atoms with Gasteiger partial charge in [0.05, 0.1) is 39.5 Å². The molecule has 0 spiro atoms. The standard InChI is InChI=1S/C23H27N7O4/c1-28-6-8-29(9-7-28)23-25-16-5-10-34-20(16)22(27-23)26-19-13-30(14-24-19)15-11-17(31-2)21(33-4)18(12-15)32-3/h5,10-14H,6-9H2,1-4H3,(H,25,26,27). The number of hydrogen-bond acceptors (Lipinski definition) is 10. The minimum absolute atomic E-state index is 0.532. The first-order chi connectivity index (χ1) is 16.6. The van der Waals surface area contributed by atoms with Gasteiger partial charge in [-0.15, -0.1) is 0 Å². The number of nitrogens with zero attached hydrogens (tertiary/aromatic N) is 6. The van der Waals surface area contributed by atoms with E-state index in [4.69, 9.17) is 28.6 Å². The van der Waals surface area contributed by atoms with Gasteiger partial charge in [-0.05, 0) is 7.05 Å². The summed E-state index contributed by atoms with van der Waals surface area (Å²) in [5.74, 6) is 3.50. The SMILES string of the molecule is COc1cc(-n2cnc(Nc3nc(N4CCN(C)CC4)nc4ccoc34)c2)cc(OC)c1OC. The van der Waals surface area contributed by atoms with Crippen LogP contribution in [0, 0.1) is 0 Å². The zero-order valence-electron chi connectivity index (χ0n) is 19.6. The highest BCUT2D eigenvalue weighted by molar-refractivity contribution is 5.86. The zero-order valence-corrected chi connectivity index (χ0v) is 19.6. The van der Waals surface area contributed by atoms with E-state index >= 15 is 0 Å². The average Bonchev–Trinajstić information content (AvgIpc) is 3.53. The molecule has 1 aromatic carbocycles. The number of rotatable bonds is 7.